The largest absolute Gasteiger partial charge is 0.330 e. The summed E-state index contributed by atoms with van der Waals surface area (Å²) in [6.07, 6.45) is 11.1. The first-order valence-corrected chi connectivity index (χ1v) is 6.18. The third-order valence-electron chi connectivity index (χ3n) is 3.71. The minimum Gasteiger partial charge on any atom is -0.330 e. The summed E-state index contributed by atoms with van der Waals surface area (Å²) in [5.74, 6) is 0. The van der Waals surface area contributed by atoms with Crippen LogP contribution in [-0.2, 0) is 0 Å². The average Bonchev–Trinajstić information content (AvgIpc) is 2.65. The van der Waals surface area contributed by atoms with E-state index in [4.69, 9.17) is 5.73 Å². The molecule has 2 nitrogen and oxygen atoms in total. The molecular weight excluding hydrogens is 172 g/mol. The van der Waals surface area contributed by atoms with Crippen molar-refractivity contribution in [3.8, 4) is 0 Å². The highest BCUT2D eigenvalue weighted by Crippen LogP contribution is 2.45. The standard InChI is InChI=1S/C12H26N2/c1-14-11-5-9-12(8-4-10-13)6-2-3-7-12/h14H,2-11,13H2,1H3. The molecule has 14 heavy (non-hydrogen) atoms. The zero-order valence-electron chi connectivity index (χ0n) is 9.65. The van der Waals surface area contributed by atoms with E-state index in [0.29, 0.717) is 5.41 Å². The number of nitrogens with two attached hydrogens (primary N) is 1. The fraction of sp³-hybridized carbons (Fsp3) is 1.00. The van der Waals surface area contributed by atoms with E-state index in [1.165, 1.54) is 57.9 Å². The molecule has 1 saturated carbocycles. The van der Waals surface area contributed by atoms with Gasteiger partial charge in [-0.05, 0) is 64.1 Å². The van der Waals surface area contributed by atoms with Crippen molar-refractivity contribution in [1.29, 1.82) is 0 Å². The lowest BCUT2D eigenvalue weighted by Gasteiger charge is -2.29. The predicted molar refractivity (Wildman–Crippen MR) is 62.4 cm³/mol. The second kappa shape index (κ2) is 6.41. The fourth-order valence-corrected chi connectivity index (χ4v) is 2.87. The van der Waals surface area contributed by atoms with Gasteiger partial charge >= 0.3 is 0 Å². The lowest BCUT2D eigenvalue weighted by molar-refractivity contribution is 0.237. The topological polar surface area (TPSA) is 38.0 Å². The SMILES string of the molecule is CNCCCC1(CCCN)CCCC1. The highest BCUT2D eigenvalue weighted by molar-refractivity contribution is 4.84. The molecule has 0 aliphatic heterocycles. The summed E-state index contributed by atoms with van der Waals surface area (Å²) in [7, 11) is 2.04. The van der Waals surface area contributed by atoms with E-state index in [9.17, 15) is 0 Å². The van der Waals surface area contributed by atoms with Crippen LogP contribution < -0.4 is 11.1 Å². The van der Waals surface area contributed by atoms with Gasteiger partial charge in [-0.2, -0.15) is 0 Å². The molecule has 0 unspecified atom stereocenters. The third kappa shape index (κ3) is 3.58. The van der Waals surface area contributed by atoms with Crippen LogP contribution in [0.5, 0.6) is 0 Å². The molecule has 2 heteroatoms. The summed E-state index contributed by atoms with van der Waals surface area (Å²) >= 11 is 0. The van der Waals surface area contributed by atoms with Crippen molar-refractivity contribution in [2.24, 2.45) is 11.1 Å². The first-order valence-electron chi connectivity index (χ1n) is 6.18. The molecule has 0 aromatic heterocycles. The maximum Gasteiger partial charge on any atom is -0.00517 e. The van der Waals surface area contributed by atoms with Crippen molar-refractivity contribution in [2.75, 3.05) is 20.1 Å². The van der Waals surface area contributed by atoms with E-state index in [1.54, 1.807) is 0 Å². The smallest absolute Gasteiger partial charge is 0.00517 e. The fourth-order valence-electron chi connectivity index (χ4n) is 2.87. The molecule has 1 rings (SSSR count). The molecule has 0 aromatic rings. The van der Waals surface area contributed by atoms with Crippen molar-refractivity contribution in [3.05, 3.63) is 0 Å². The normalized spacial score (nSPS) is 20.1. The number of rotatable bonds is 7. The van der Waals surface area contributed by atoms with Crippen LogP contribution in [0, 0.1) is 5.41 Å². The molecular formula is C12H26N2. The van der Waals surface area contributed by atoms with Gasteiger partial charge < -0.3 is 11.1 Å². The van der Waals surface area contributed by atoms with Crippen LogP contribution in [-0.4, -0.2) is 20.1 Å². The highest BCUT2D eigenvalue weighted by Gasteiger charge is 2.32. The number of nitrogens with one attached hydrogen (secondary N) is 1. The summed E-state index contributed by atoms with van der Waals surface area (Å²) < 4.78 is 0. The van der Waals surface area contributed by atoms with Gasteiger partial charge in [0.2, 0.25) is 0 Å². The van der Waals surface area contributed by atoms with E-state index < -0.39 is 0 Å². The molecule has 1 fully saturated rings. The van der Waals surface area contributed by atoms with Crippen molar-refractivity contribution in [1.82, 2.24) is 5.32 Å². The van der Waals surface area contributed by atoms with Crippen LogP contribution >= 0.6 is 0 Å². The van der Waals surface area contributed by atoms with Gasteiger partial charge in [0.05, 0.1) is 0 Å². The first-order chi connectivity index (χ1) is 6.83. The molecule has 3 N–H and O–H groups in total. The predicted octanol–water partition coefficient (Wildman–Crippen LogP) is 2.29. The maximum atomic E-state index is 5.61. The van der Waals surface area contributed by atoms with Gasteiger partial charge in [-0.1, -0.05) is 12.8 Å². The van der Waals surface area contributed by atoms with Crippen molar-refractivity contribution in [2.45, 2.75) is 51.4 Å². The van der Waals surface area contributed by atoms with E-state index >= 15 is 0 Å². The van der Waals surface area contributed by atoms with Gasteiger partial charge in [-0.3, -0.25) is 0 Å². The van der Waals surface area contributed by atoms with Crippen LogP contribution in [0.1, 0.15) is 51.4 Å². The molecule has 0 atom stereocenters. The van der Waals surface area contributed by atoms with Crippen LogP contribution in [0.4, 0.5) is 0 Å². The Balaban J connectivity index is 2.28. The Morgan fingerprint density at radius 3 is 2.36 bits per heavy atom. The average molecular weight is 198 g/mol. The number of hydrogen-bond acceptors (Lipinski definition) is 2. The lowest BCUT2D eigenvalue weighted by Crippen LogP contribution is -2.20. The zero-order valence-corrected chi connectivity index (χ0v) is 9.65. The Bertz CT molecular complexity index is 139. The Hall–Kier alpha value is -0.0800. The molecule has 0 bridgehead atoms. The van der Waals surface area contributed by atoms with Crippen molar-refractivity contribution < 1.29 is 0 Å². The minimum absolute atomic E-state index is 0.677. The lowest BCUT2D eigenvalue weighted by atomic mass is 9.77. The van der Waals surface area contributed by atoms with Crippen LogP contribution in [0.3, 0.4) is 0 Å². The van der Waals surface area contributed by atoms with Crippen LogP contribution in [0.2, 0.25) is 0 Å². The second-order valence-corrected chi connectivity index (χ2v) is 4.81. The summed E-state index contributed by atoms with van der Waals surface area (Å²) in [5.41, 5.74) is 6.28. The minimum atomic E-state index is 0.677. The maximum absolute atomic E-state index is 5.61. The van der Waals surface area contributed by atoms with E-state index in [1.807, 2.05) is 7.05 Å². The summed E-state index contributed by atoms with van der Waals surface area (Å²) in [6.45, 7) is 2.04. The molecule has 0 saturated heterocycles. The van der Waals surface area contributed by atoms with Gasteiger partial charge in [0, 0.05) is 0 Å². The molecule has 1 aliphatic carbocycles. The van der Waals surface area contributed by atoms with Crippen LogP contribution in [0.15, 0.2) is 0 Å². The van der Waals surface area contributed by atoms with Crippen molar-refractivity contribution >= 4 is 0 Å². The van der Waals surface area contributed by atoms with Crippen LogP contribution in [0.25, 0.3) is 0 Å². The van der Waals surface area contributed by atoms with E-state index in [-0.39, 0.29) is 0 Å². The monoisotopic (exact) mass is 198 g/mol. The Labute approximate surface area is 88.6 Å². The zero-order chi connectivity index (χ0) is 10.3. The van der Waals surface area contributed by atoms with Crippen molar-refractivity contribution in [3.63, 3.8) is 0 Å². The quantitative estimate of drug-likeness (QED) is 0.616. The van der Waals surface area contributed by atoms with Gasteiger partial charge in [0.15, 0.2) is 0 Å². The molecule has 0 aromatic carbocycles. The Morgan fingerprint density at radius 1 is 1.14 bits per heavy atom. The molecule has 0 amide bonds. The Morgan fingerprint density at radius 2 is 1.79 bits per heavy atom. The first kappa shape index (κ1) is 12.0. The Kier molecular flexibility index (Phi) is 5.49. The number of hydrogen-bond donors (Lipinski definition) is 2. The summed E-state index contributed by atoms with van der Waals surface area (Å²) in [5, 5.41) is 3.24. The van der Waals surface area contributed by atoms with E-state index in [0.717, 1.165) is 6.54 Å². The molecule has 0 radical (unpaired) electrons. The molecule has 84 valence electrons. The second-order valence-electron chi connectivity index (χ2n) is 4.81. The van der Waals surface area contributed by atoms with Gasteiger partial charge in [-0.15, -0.1) is 0 Å². The van der Waals surface area contributed by atoms with Gasteiger partial charge in [0.25, 0.3) is 0 Å². The molecule has 1 aliphatic rings. The van der Waals surface area contributed by atoms with Gasteiger partial charge in [0.1, 0.15) is 0 Å². The highest BCUT2D eigenvalue weighted by atomic mass is 14.8. The summed E-state index contributed by atoms with van der Waals surface area (Å²) in [4.78, 5) is 0. The summed E-state index contributed by atoms with van der Waals surface area (Å²) in [6, 6.07) is 0. The molecule has 0 spiro atoms. The van der Waals surface area contributed by atoms with E-state index in [2.05, 4.69) is 5.32 Å². The third-order valence-corrected chi connectivity index (χ3v) is 3.71. The van der Waals surface area contributed by atoms with Gasteiger partial charge in [-0.25, -0.2) is 0 Å². The molecule has 0 heterocycles.